The van der Waals surface area contributed by atoms with Crippen LogP contribution in [0.15, 0.2) is 53.4 Å². The molecule has 2 heterocycles. The summed E-state index contributed by atoms with van der Waals surface area (Å²) in [4.78, 5) is 39.9. The van der Waals surface area contributed by atoms with Crippen molar-refractivity contribution in [2.75, 3.05) is 16.8 Å². The quantitative estimate of drug-likeness (QED) is 0.619. The molecule has 2 amide bonds. The van der Waals surface area contributed by atoms with Crippen molar-refractivity contribution in [3.63, 3.8) is 0 Å². The van der Waals surface area contributed by atoms with Crippen LogP contribution in [0, 0.1) is 0 Å². The molecule has 2 aliphatic rings. The average molecular weight is 410 g/mol. The Morgan fingerprint density at radius 3 is 2.43 bits per heavy atom. The van der Waals surface area contributed by atoms with Gasteiger partial charge < -0.3 is 10.0 Å². The van der Waals surface area contributed by atoms with E-state index in [0.29, 0.717) is 31.6 Å². The molecule has 2 aromatic rings. The third-order valence-corrected chi connectivity index (χ3v) is 5.97. The van der Waals surface area contributed by atoms with Crippen molar-refractivity contribution in [2.45, 2.75) is 6.42 Å². The average Bonchev–Trinajstić information content (AvgIpc) is 3.09. The fourth-order valence-corrected chi connectivity index (χ4v) is 4.64. The zero-order valence-electron chi connectivity index (χ0n) is 14.7. The SMILES string of the molecule is CN1C(=O)C(=C2SC(=S)N(c3ccc(CC(=O)O)cc3)C2=O)c2ccccc21. The van der Waals surface area contributed by atoms with E-state index in [0.717, 1.165) is 17.4 Å². The third kappa shape index (κ3) is 2.90. The summed E-state index contributed by atoms with van der Waals surface area (Å²) in [6.45, 7) is 0. The number of rotatable bonds is 3. The van der Waals surface area contributed by atoms with Gasteiger partial charge in [-0.25, -0.2) is 0 Å². The molecule has 0 saturated carbocycles. The second-order valence-corrected chi connectivity index (χ2v) is 7.98. The number of carboxylic acid groups (broad SMARTS) is 1. The standard InChI is InChI=1S/C20H14N2O4S2/c1-21-14-5-3-2-4-13(14)16(18(21)25)17-19(26)22(20(27)28-17)12-8-6-11(7-9-12)10-15(23)24/h2-9H,10H2,1H3,(H,23,24). The third-order valence-electron chi connectivity index (χ3n) is 4.60. The van der Waals surface area contributed by atoms with E-state index in [-0.39, 0.29) is 18.2 Å². The van der Waals surface area contributed by atoms with Crippen LogP contribution in [-0.4, -0.2) is 34.3 Å². The molecular formula is C20H14N2O4S2. The number of likely N-dealkylation sites (N-methyl/N-ethyl adjacent to an activating group) is 1. The molecule has 28 heavy (non-hydrogen) atoms. The van der Waals surface area contributed by atoms with Gasteiger partial charge in [0.15, 0.2) is 4.32 Å². The number of amides is 2. The van der Waals surface area contributed by atoms with Gasteiger partial charge in [0.2, 0.25) is 0 Å². The first-order valence-electron chi connectivity index (χ1n) is 8.37. The first-order valence-corrected chi connectivity index (χ1v) is 9.59. The number of carboxylic acids is 1. The van der Waals surface area contributed by atoms with E-state index in [4.69, 9.17) is 17.3 Å². The minimum atomic E-state index is -0.925. The van der Waals surface area contributed by atoms with Crippen molar-refractivity contribution in [3.8, 4) is 0 Å². The predicted octanol–water partition coefficient (Wildman–Crippen LogP) is 3.07. The first kappa shape index (κ1) is 18.4. The van der Waals surface area contributed by atoms with Crippen LogP contribution < -0.4 is 9.80 Å². The fraction of sp³-hybridized carbons (Fsp3) is 0.100. The molecule has 4 rings (SSSR count). The highest BCUT2D eigenvalue weighted by molar-refractivity contribution is 8.27. The Labute approximate surface area is 170 Å². The Morgan fingerprint density at radius 2 is 1.75 bits per heavy atom. The second kappa shape index (κ2) is 6.88. The van der Waals surface area contributed by atoms with E-state index < -0.39 is 5.97 Å². The molecule has 1 saturated heterocycles. The zero-order chi connectivity index (χ0) is 20.0. The van der Waals surface area contributed by atoms with Crippen LogP contribution in [0.4, 0.5) is 11.4 Å². The highest BCUT2D eigenvalue weighted by Crippen LogP contribution is 2.44. The predicted molar refractivity (Wildman–Crippen MR) is 112 cm³/mol. The Hall–Kier alpha value is -2.97. The highest BCUT2D eigenvalue weighted by Gasteiger charge is 2.41. The number of aliphatic carboxylic acids is 1. The lowest BCUT2D eigenvalue weighted by molar-refractivity contribution is -0.136. The number of hydrogen-bond acceptors (Lipinski definition) is 5. The summed E-state index contributed by atoms with van der Waals surface area (Å²) in [6.07, 6.45) is -0.0969. The summed E-state index contributed by atoms with van der Waals surface area (Å²) in [5, 5.41) is 8.88. The first-order chi connectivity index (χ1) is 13.4. The largest absolute Gasteiger partial charge is 0.481 e. The summed E-state index contributed by atoms with van der Waals surface area (Å²) in [6, 6.07) is 13.9. The van der Waals surface area contributed by atoms with Gasteiger partial charge in [-0.15, -0.1) is 0 Å². The molecule has 6 nitrogen and oxygen atoms in total. The van der Waals surface area contributed by atoms with Gasteiger partial charge in [0.25, 0.3) is 11.8 Å². The summed E-state index contributed by atoms with van der Waals surface area (Å²) in [5.41, 5.74) is 3.00. The van der Waals surface area contributed by atoms with Gasteiger partial charge in [0, 0.05) is 12.6 Å². The van der Waals surface area contributed by atoms with E-state index in [9.17, 15) is 14.4 Å². The number of fused-ring (bicyclic) bond motifs is 1. The number of anilines is 2. The number of nitrogens with zero attached hydrogens (tertiary/aromatic N) is 2. The normalized spacial score (nSPS) is 18.8. The molecule has 0 aliphatic carbocycles. The lowest BCUT2D eigenvalue weighted by Crippen LogP contribution is -2.28. The molecule has 0 atom stereocenters. The molecule has 1 N–H and O–H groups in total. The van der Waals surface area contributed by atoms with E-state index in [2.05, 4.69) is 0 Å². The number of carbonyl (C=O) groups is 3. The van der Waals surface area contributed by atoms with E-state index in [1.807, 2.05) is 24.3 Å². The van der Waals surface area contributed by atoms with Gasteiger partial charge in [-0.1, -0.05) is 54.3 Å². The summed E-state index contributed by atoms with van der Waals surface area (Å²) in [5.74, 6) is -1.52. The fourth-order valence-electron chi connectivity index (χ4n) is 3.27. The molecule has 0 bridgehead atoms. The maximum absolute atomic E-state index is 13.1. The molecular weight excluding hydrogens is 396 g/mol. The van der Waals surface area contributed by atoms with Crippen molar-refractivity contribution in [2.24, 2.45) is 0 Å². The van der Waals surface area contributed by atoms with E-state index >= 15 is 0 Å². The Balaban J connectivity index is 1.73. The molecule has 0 spiro atoms. The van der Waals surface area contributed by atoms with Gasteiger partial charge in [-0.05, 0) is 23.8 Å². The smallest absolute Gasteiger partial charge is 0.307 e. The summed E-state index contributed by atoms with van der Waals surface area (Å²) >= 11 is 6.50. The van der Waals surface area contributed by atoms with Gasteiger partial charge in [-0.3, -0.25) is 19.3 Å². The summed E-state index contributed by atoms with van der Waals surface area (Å²) < 4.78 is 0.332. The number of carbonyl (C=O) groups excluding carboxylic acids is 2. The molecule has 8 heteroatoms. The molecule has 2 aliphatic heterocycles. The van der Waals surface area contributed by atoms with Crippen molar-refractivity contribution >= 4 is 63.0 Å². The second-order valence-electron chi connectivity index (χ2n) is 6.33. The monoisotopic (exact) mass is 410 g/mol. The van der Waals surface area contributed by atoms with Crippen molar-refractivity contribution < 1.29 is 19.5 Å². The number of thiocarbonyl (C=S) groups is 1. The zero-order valence-corrected chi connectivity index (χ0v) is 16.3. The maximum Gasteiger partial charge on any atom is 0.307 e. The van der Waals surface area contributed by atoms with Crippen molar-refractivity contribution in [1.29, 1.82) is 0 Å². The van der Waals surface area contributed by atoms with Crippen molar-refractivity contribution in [1.82, 2.24) is 0 Å². The number of thioether (sulfide) groups is 1. The van der Waals surface area contributed by atoms with Crippen LogP contribution in [0.1, 0.15) is 11.1 Å². The van der Waals surface area contributed by atoms with Gasteiger partial charge in [0.05, 0.1) is 28.3 Å². The van der Waals surface area contributed by atoms with Gasteiger partial charge >= 0.3 is 5.97 Å². The minimum Gasteiger partial charge on any atom is -0.481 e. The van der Waals surface area contributed by atoms with Crippen LogP contribution in [0.2, 0.25) is 0 Å². The molecule has 2 aromatic carbocycles. The Kier molecular flexibility index (Phi) is 4.52. The molecule has 0 radical (unpaired) electrons. The molecule has 0 aromatic heterocycles. The number of hydrogen-bond donors (Lipinski definition) is 1. The van der Waals surface area contributed by atoms with Crippen LogP contribution in [-0.2, 0) is 20.8 Å². The number of benzene rings is 2. The molecule has 0 unspecified atom stereocenters. The molecule has 1 fully saturated rings. The van der Waals surface area contributed by atoms with E-state index in [1.54, 1.807) is 31.3 Å². The van der Waals surface area contributed by atoms with E-state index in [1.165, 1.54) is 9.80 Å². The van der Waals surface area contributed by atoms with Crippen LogP contribution in [0.3, 0.4) is 0 Å². The highest BCUT2D eigenvalue weighted by atomic mass is 32.2. The van der Waals surface area contributed by atoms with Crippen molar-refractivity contribution in [3.05, 3.63) is 64.6 Å². The summed E-state index contributed by atoms with van der Waals surface area (Å²) in [7, 11) is 1.68. The Morgan fingerprint density at radius 1 is 1.07 bits per heavy atom. The minimum absolute atomic E-state index is 0.0969. The lowest BCUT2D eigenvalue weighted by Gasteiger charge is -2.15. The van der Waals surface area contributed by atoms with Gasteiger partial charge in [0.1, 0.15) is 0 Å². The lowest BCUT2D eigenvalue weighted by atomic mass is 10.1. The van der Waals surface area contributed by atoms with Gasteiger partial charge in [-0.2, -0.15) is 0 Å². The van der Waals surface area contributed by atoms with Crippen LogP contribution >= 0.6 is 24.0 Å². The topological polar surface area (TPSA) is 77.9 Å². The Bertz CT molecular complexity index is 1080. The molecule has 140 valence electrons. The number of para-hydroxylation sites is 1. The maximum atomic E-state index is 13.1. The van der Waals surface area contributed by atoms with Crippen LogP contribution in [0.5, 0.6) is 0 Å². The van der Waals surface area contributed by atoms with Crippen LogP contribution in [0.25, 0.3) is 5.57 Å².